The van der Waals surface area contributed by atoms with E-state index in [1.807, 2.05) is 0 Å². The monoisotopic (exact) mass is 201 g/mol. The third kappa shape index (κ3) is 1.16. The van der Waals surface area contributed by atoms with Crippen molar-refractivity contribution >= 4 is 16.6 Å². The Morgan fingerprint density at radius 3 is 2.87 bits per heavy atom. The summed E-state index contributed by atoms with van der Waals surface area (Å²) >= 11 is 0. The largest absolute Gasteiger partial charge is 0.377 e. The zero-order chi connectivity index (χ0) is 10.4. The van der Waals surface area contributed by atoms with Crippen molar-refractivity contribution < 1.29 is 0 Å². The van der Waals surface area contributed by atoms with Crippen LogP contribution in [0.15, 0.2) is 18.3 Å². The van der Waals surface area contributed by atoms with Crippen molar-refractivity contribution in [2.45, 2.75) is 13.1 Å². The summed E-state index contributed by atoms with van der Waals surface area (Å²) in [5.41, 5.74) is 5.37. The maximum Gasteiger partial charge on any atom is 0.0462 e. The highest BCUT2D eigenvalue weighted by molar-refractivity contribution is 5.91. The molecule has 0 radical (unpaired) electrons. The van der Waals surface area contributed by atoms with Crippen molar-refractivity contribution in [1.82, 2.24) is 10.3 Å². The maximum atomic E-state index is 3.44. The third-order valence-electron chi connectivity index (χ3n) is 3.11. The highest BCUT2D eigenvalue weighted by Crippen LogP contribution is 2.32. The molecule has 15 heavy (non-hydrogen) atoms. The van der Waals surface area contributed by atoms with Crippen LogP contribution in [-0.2, 0) is 13.1 Å². The van der Waals surface area contributed by atoms with Crippen LogP contribution in [0.1, 0.15) is 11.1 Å². The number of anilines is 1. The summed E-state index contributed by atoms with van der Waals surface area (Å²) in [5, 5.41) is 4.85. The van der Waals surface area contributed by atoms with Crippen LogP contribution in [0.4, 0.5) is 5.69 Å². The first kappa shape index (κ1) is 8.80. The van der Waals surface area contributed by atoms with Gasteiger partial charge >= 0.3 is 0 Å². The minimum absolute atomic E-state index is 0.968. The molecule has 0 saturated carbocycles. The van der Waals surface area contributed by atoms with Crippen LogP contribution < -0.4 is 10.2 Å². The summed E-state index contributed by atoms with van der Waals surface area (Å²) in [5.74, 6) is 0. The standard InChI is InChI=1S/C12H15N3/c1-15(2)11-4-3-10-12-8(6-14-10)5-13-7-9(11)12/h3-4,6,13-14H,5,7H2,1-2H3. The summed E-state index contributed by atoms with van der Waals surface area (Å²) in [7, 11) is 4.19. The predicted octanol–water partition coefficient (Wildman–Crippen LogP) is 1.84. The Morgan fingerprint density at radius 2 is 2.07 bits per heavy atom. The van der Waals surface area contributed by atoms with Crippen LogP contribution >= 0.6 is 0 Å². The summed E-state index contributed by atoms with van der Waals surface area (Å²) in [6.07, 6.45) is 2.11. The van der Waals surface area contributed by atoms with E-state index in [-0.39, 0.29) is 0 Å². The smallest absolute Gasteiger partial charge is 0.0462 e. The molecule has 78 valence electrons. The van der Waals surface area contributed by atoms with Gasteiger partial charge in [-0.15, -0.1) is 0 Å². The summed E-state index contributed by atoms with van der Waals surface area (Å²) in [4.78, 5) is 5.51. The number of H-pyrrole nitrogens is 1. The van der Waals surface area contributed by atoms with Crippen molar-refractivity contribution in [2.75, 3.05) is 19.0 Å². The zero-order valence-electron chi connectivity index (χ0n) is 9.09. The van der Waals surface area contributed by atoms with E-state index < -0.39 is 0 Å². The Balaban J connectivity index is 2.37. The number of nitrogens with one attached hydrogen (secondary N) is 2. The molecular weight excluding hydrogens is 186 g/mol. The third-order valence-corrected chi connectivity index (χ3v) is 3.11. The number of nitrogens with zero attached hydrogens (tertiary/aromatic N) is 1. The SMILES string of the molecule is CN(C)c1ccc2[nH]cc3c2c1CNC3. The van der Waals surface area contributed by atoms with Crippen molar-refractivity contribution in [3.05, 3.63) is 29.5 Å². The number of hydrogen-bond acceptors (Lipinski definition) is 2. The maximum absolute atomic E-state index is 3.44. The molecule has 1 aliphatic heterocycles. The number of aromatic nitrogens is 1. The number of hydrogen-bond donors (Lipinski definition) is 2. The van der Waals surface area contributed by atoms with Gasteiger partial charge in [-0.05, 0) is 23.3 Å². The lowest BCUT2D eigenvalue weighted by atomic mass is 10.0. The van der Waals surface area contributed by atoms with Gasteiger partial charge in [0, 0.05) is 50.0 Å². The number of aromatic amines is 1. The van der Waals surface area contributed by atoms with E-state index in [1.54, 1.807) is 0 Å². The first-order valence-electron chi connectivity index (χ1n) is 5.27. The van der Waals surface area contributed by atoms with Gasteiger partial charge in [0.1, 0.15) is 0 Å². The van der Waals surface area contributed by atoms with Crippen molar-refractivity contribution in [3.63, 3.8) is 0 Å². The molecule has 0 amide bonds. The van der Waals surface area contributed by atoms with E-state index >= 15 is 0 Å². The van der Waals surface area contributed by atoms with Gasteiger partial charge in [0.25, 0.3) is 0 Å². The molecule has 0 unspecified atom stereocenters. The van der Waals surface area contributed by atoms with Crippen molar-refractivity contribution in [2.24, 2.45) is 0 Å². The second kappa shape index (κ2) is 3.00. The van der Waals surface area contributed by atoms with E-state index in [2.05, 4.69) is 47.6 Å². The number of rotatable bonds is 1. The van der Waals surface area contributed by atoms with Crippen molar-refractivity contribution in [3.8, 4) is 0 Å². The normalized spacial score (nSPS) is 14.5. The van der Waals surface area contributed by atoms with E-state index in [1.165, 1.54) is 27.7 Å². The molecule has 0 saturated heterocycles. The zero-order valence-corrected chi connectivity index (χ0v) is 9.09. The molecular formula is C12H15N3. The Labute approximate surface area is 89.1 Å². The average molecular weight is 201 g/mol. The highest BCUT2D eigenvalue weighted by atomic mass is 15.1. The molecule has 3 heteroatoms. The van der Waals surface area contributed by atoms with E-state index in [4.69, 9.17) is 0 Å². The van der Waals surface area contributed by atoms with Gasteiger partial charge in [0.2, 0.25) is 0 Å². The Kier molecular flexibility index (Phi) is 1.76. The molecule has 2 aromatic rings. The van der Waals surface area contributed by atoms with Gasteiger partial charge in [-0.25, -0.2) is 0 Å². The van der Waals surface area contributed by atoms with Crippen LogP contribution in [0.25, 0.3) is 10.9 Å². The van der Waals surface area contributed by atoms with E-state index in [9.17, 15) is 0 Å². The fraction of sp³-hybridized carbons (Fsp3) is 0.333. The first-order valence-corrected chi connectivity index (χ1v) is 5.27. The lowest BCUT2D eigenvalue weighted by Gasteiger charge is -2.22. The summed E-state index contributed by atoms with van der Waals surface area (Å²) < 4.78 is 0. The van der Waals surface area contributed by atoms with Crippen LogP contribution in [0.5, 0.6) is 0 Å². The topological polar surface area (TPSA) is 31.1 Å². The molecule has 3 nitrogen and oxygen atoms in total. The van der Waals surface area contributed by atoms with Crippen LogP contribution in [0, 0.1) is 0 Å². The Bertz CT molecular complexity index is 511. The van der Waals surface area contributed by atoms with Gasteiger partial charge in [-0.2, -0.15) is 0 Å². The quantitative estimate of drug-likeness (QED) is 0.737. The molecule has 1 aromatic heterocycles. The highest BCUT2D eigenvalue weighted by Gasteiger charge is 2.17. The molecule has 1 aliphatic rings. The van der Waals surface area contributed by atoms with E-state index in [0.717, 1.165) is 13.1 Å². The van der Waals surface area contributed by atoms with Gasteiger partial charge in [0.15, 0.2) is 0 Å². The average Bonchev–Trinajstić information content (AvgIpc) is 2.64. The minimum atomic E-state index is 0.968. The molecule has 0 aliphatic carbocycles. The first-order chi connectivity index (χ1) is 7.27. The lowest BCUT2D eigenvalue weighted by Crippen LogP contribution is -2.21. The molecule has 0 bridgehead atoms. The van der Waals surface area contributed by atoms with Crippen LogP contribution in [0.2, 0.25) is 0 Å². The fourth-order valence-electron chi connectivity index (χ4n) is 2.42. The minimum Gasteiger partial charge on any atom is -0.377 e. The van der Waals surface area contributed by atoms with Gasteiger partial charge < -0.3 is 15.2 Å². The molecule has 2 heterocycles. The second-order valence-corrected chi connectivity index (χ2v) is 4.30. The second-order valence-electron chi connectivity index (χ2n) is 4.30. The Hall–Kier alpha value is -1.48. The summed E-state index contributed by atoms with van der Waals surface area (Å²) in [6, 6.07) is 4.36. The number of benzene rings is 1. The van der Waals surface area contributed by atoms with Crippen LogP contribution in [0.3, 0.4) is 0 Å². The van der Waals surface area contributed by atoms with Gasteiger partial charge in [0.05, 0.1) is 0 Å². The molecule has 2 N–H and O–H groups in total. The summed E-state index contributed by atoms with van der Waals surface area (Å²) in [6.45, 7) is 1.94. The molecule has 1 aromatic carbocycles. The van der Waals surface area contributed by atoms with Gasteiger partial charge in [-0.3, -0.25) is 0 Å². The molecule has 3 rings (SSSR count). The molecule has 0 atom stereocenters. The lowest BCUT2D eigenvalue weighted by molar-refractivity contribution is 0.683. The molecule has 0 spiro atoms. The molecule has 0 fully saturated rings. The fourth-order valence-corrected chi connectivity index (χ4v) is 2.42. The van der Waals surface area contributed by atoms with E-state index in [0.29, 0.717) is 0 Å². The van der Waals surface area contributed by atoms with Crippen LogP contribution in [-0.4, -0.2) is 19.1 Å². The Morgan fingerprint density at radius 1 is 1.20 bits per heavy atom. The van der Waals surface area contributed by atoms with Gasteiger partial charge in [-0.1, -0.05) is 0 Å². The predicted molar refractivity (Wildman–Crippen MR) is 63.2 cm³/mol. The van der Waals surface area contributed by atoms with Crippen molar-refractivity contribution in [1.29, 1.82) is 0 Å².